The molecule has 1 aliphatic heterocycles. The summed E-state index contributed by atoms with van der Waals surface area (Å²) in [6.07, 6.45) is 5.78. The van der Waals surface area contributed by atoms with E-state index in [9.17, 15) is 14.9 Å². The molecular formula is C22H24FN5. The van der Waals surface area contributed by atoms with Gasteiger partial charge in [-0.25, -0.2) is 4.39 Å². The van der Waals surface area contributed by atoms with Crippen LogP contribution in [0.25, 0.3) is 0 Å². The third kappa shape index (κ3) is 4.65. The number of hydrogen-bond donors (Lipinski definition) is 0. The lowest BCUT2D eigenvalue weighted by molar-refractivity contribution is 0.221. The first kappa shape index (κ1) is 19.8. The van der Waals surface area contributed by atoms with Gasteiger partial charge in [-0.3, -0.25) is 9.89 Å². The first-order valence-corrected chi connectivity index (χ1v) is 9.56. The van der Waals surface area contributed by atoms with E-state index in [4.69, 9.17) is 0 Å². The topological polar surface area (TPSA) is 68.1 Å². The quantitative estimate of drug-likeness (QED) is 0.720. The van der Waals surface area contributed by atoms with E-state index in [-0.39, 0.29) is 5.82 Å². The fraction of sp³-hybridized carbons (Fsp3) is 0.409. The van der Waals surface area contributed by atoms with E-state index < -0.39 is 5.92 Å². The number of rotatable bonds is 6. The third-order valence-electron chi connectivity index (χ3n) is 5.11. The van der Waals surface area contributed by atoms with E-state index >= 15 is 0 Å². The molecule has 0 N–H and O–H groups in total. The highest BCUT2D eigenvalue weighted by Gasteiger charge is 2.22. The van der Waals surface area contributed by atoms with E-state index in [1.165, 1.54) is 31.4 Å². The predicted octanol–water partition coefficient (Wildman–Crippen LogP) is 3.74. The lowest BCUT2D eigenvalue weighted by Gasteiger charge is -2.25. The molecule has 2 aromatic rings. The fourth-order valence-corrected chi connectivity index (χ4v) is 3.71. The Morgan fingerprint density at radius 3 is 2.36 bits per heavy atom. The number of halogens is 1. The Kier molecular flexibility index (Phi) is 6.57. The summed E-state index contributed by atoms with van der Waals surface area (Å²) in [6, 6.07) is 12.5. The van der Waals surface area contributed by atoms with Crippen molar-refractivity contribution in [2.45, 2.75) is 32.4 Å². The molecule has 0 atom stereocenters. The van der Waals surface area contributed by atoms with Gasteiger partial charge in [-0.05, 0) is 55.3 Å². The number of nitrogens with zero attached hydrogens (tertiary/aromatic N) is 5. The van der Waals surface area contributed by atoms with Crippen molar-refractivity contribution in [3.8, 4) is 12.1 Å². The summed E-state index contributed by atoms with van der Waals surface area (Å²) in [5.74, 6) is -1.19. The zero-order chi connectivity index (χ0) is 19.9. The third-order valence-corrected chi connectivity index (χ3v) is 5.11. The van der Waals surface area contributed by atoms with Crippen LogP contribution in [0.1, 0.15) is 36.1 Å². The SMILES string of the molecule is CN=C(c1cc(CN2CCCCC2)cn1Cc1ccc(F)cc1)C(C#N)C#N. The van der Waals surface area contributed by atoms with Gasteiger partial charge in [-0.1, -0.05) is 18.6 Å². The standard InChI is InChI=1S/C22H24FN5/c1-26-22(19(12-24)13-25)21-11-18(14-27-9-3-2-4-10-27)16-28(21)15-17-5-7-20(23)8-6-17/h5-8,11,16,19H,2-4,9-10,14-15H2,1H3. The first-order valence-electron chi connectivity index (χ1n) is 9.56. The Balaban J connectivity index is 1.93. The molecule has 0 radical (unpaired) electrons. The van der Waals surface area contributed by atoms with Crippen LogP contribution in [-0.2, 0) is 13.1 Å². The molecule has 0 amide bonds. The number of hydrogen-bond acceptors (Lipinski definition) is 4. The molecule has 0 spiro atoms. The smallest absolute Gasteiger partial charge is 0.176 e. The maximum absolute atomic E-state index is 13.2. The molecule has 0 bridgehead atoms. The van der Waals surface area contributed by atoms with E-state index in [1.807, 2.05) is 22.8 Å². The van der Waals surface area contributed by atoms with Crippen LogP contribution in [0.2, 0.25) is 0 Å². The zero-order valence-electron chi connectivity index (χ0n) is 16.1. The molecule has 5 nitrogen and oxygen atoms in total. The van der Waals surface area contributed by atoms with Crippen molar-refractivity contribution in [1.82, 2.24) is 9.47 Å². The van der Waals surface area contributed by atoms with E-state index in [1.54, 1.807) is 19.2 Å². The molecule has 2 heterocycles. The molecule has 144 valence electrons. The molecule has 1 saturated heterocycles. The highest BCUT2D eigenvalue weighted by Crippen LogP contribution is 2.20. The molecule has 0 unspecified atom stereocenters. The van der Waals surface area contributed by atoms with Gasteiger partial charge in [0.25, 0.3) is 0 Å². The van der Waals surface area contributed by atoms with Crippen LogP contribution in [0.5, 0.6) is 0 Å². The first-order chi connectivity index (χ1) is 13.6. The average molecular weight is 377 g/mol. The fourth-order valence-electron chi connectivity index (χ4n) is 3.71. The molecule has 6 heteroatoms. The maximum atomic E-state index is 13.2. The number of aromatic nitrogens is 1. The number of piperidine rings is 1. The molecule has 0 aliphatic carbocycles. The van der Waals surface area contributed by atoms with E-state index in [0.717, 1.165) is 36.5 Å². The van der Waals surface area contributed by atoms with Crippen molar-refractivity contribution in [3.63, 3.8) is 0 Å². The van der Waals surface area contributed by atoms with Crippen LogP contribution in [0.15, 0.2) is 41.5 Å². The van der Waals surface area contributed by atoms with Gasteiger partial charge < -0.3 is 4.57 Å². The highest BCUT2D eigenvalue weighted by molar-refractivity contribution is 6.04. The van der Waals surface area contributed by atoms with Crippen LogP contribution in [0.4, 0.5) is 4.39 Å². The van der Waals surface area contributed by atoms with Gasteiger partial charge in [-0.2, -0.15) is 10.5 Å². The molecule has 1 aliphatic rings. The summed E-state index contributed by atoms with van der Waals surface area (Å²) in [5, 5.41) is 18.7. The van der Waals surface area contributed by atoms with Crippen molar-refractivity contribution < 1.29 is 4.39 Å². The van der Waals surface area contributed by atoms with Gasteiger partial charge in [-0.15, -0.1) is 0 Å². The minimum Gasteiger partial charge on any atom is -0.342 e. The Bertz CT molecular complexity index is 894. The highest BCUT2D eigenvalue weighted by atomic mass is 19.1. The molecule has 1 fully saturated rings. The average Bonchev–Trinajstić information content (AvgIpc) is 3.10. The maximum Gasteiger partial charge on any atom is 0.176 e. The summed E-state index contributed by atoms with van der Waals surface area (Å²) < 4.78 is 15.3. The number of aliphatic imine (C=N–C) groups is 1. The summed E-state index contributed by atoms with van der Waals surface area (Å²) in [6.45, 7) is 3.54. The largest absolute Gasteiger partial charge is 0.342 e. The molecular weight excluding hydrogens is 353 g/mol. The zero-order valence-corrected chi connectivity index (χ0v) is 16.1. The van der Waals surface area contributed by atoms with Gasteiger partial charge in [0.05, 0.1) is 23.5 Å². The van der Waals surface area contributed by atoms with Gasteiger partial charge in [0.15, 0.2) is 5.92 Å². The Morgan fingerprint density at radius 1 is 1.07 bits per heavy atom. The number of nitriles is 2. The molecule has 1 aromatic heterocycles. The van der Waals surface area contributed by atoms with Crippen molar-refractivity contribution in [2.24, 2.45) is 10.9 Å². The second-order valence-corrected chi connectivity index (χ2v) is 7.12. The molecule has 28 heavy (non-hydrogen) atoms. The lowest BCUT2D eigenvalue weighted by atomic mass is 10.0. The lowest BCUT2D eigenvalue weighted by Crippen LogP contribution is -2.28. The van der Waals surface area contributed by atoms with Gasteiger partial charge in [0, 0.05) is 26.3 Å². The van der Waals surface area contributed by atoms with Crippen LogP contribution in [0, 0.1) is 34.4 Å². The number of benzene rings is 1. The van der Waals surface area contributed by atoms with Crippen LogP contribution in [-0.4, -0.2) is 35.3 Å². The monoisotopic (exact) mass is 377 g/mol. The van der Waals surface area contributed by atoms with Crippen LogP contribution >= 0.6 is 0 Å². The minimum atomic E-state index is -0.922. The normalized spacial score (nSPS) is 15.4. The second-order valence-electron chi connectivity index (χ2n) is 7.12. The minimum absolute atomic E-state index is 0.271. The second kappa shape index (κ2) is 9.30. The summed E-state index contributed by atoms with van der Waals surface area (Å²) in [7, 11) is 1.61. The predicted molar refractivity (Wildman–Crippen MR) is 106 cm³/mol. The summed E-state index contributed by atoms with van der Waals surface area (Å²) in [4.78, 5) is 6.68. The van der Waals surface area contributed by atoms with Gasteiger partial charge in [0.1, 0.15) is 5.82 Å². The van der Waals surface area contributed by atoms with Crippen LogP contribution < -0.4 is 0 Å². The van der Waals surface area contributed by atoms with Crippen molar-refractivity contribution in [3.05, 3.63) is 59.2 Å². The van der Waals surface area contributed by atoms with Crippen molar-refractivity contribution in [1.29, 1.82) is 10.5 Å². The molecule has 1 aromatic carbocycles. The summed E-state index contributed by atoms with van der Waals surface area (Å²) in [5.41, 5.74) is 3.32. The van der Waals surface area contributed by atoms with Crippen LogP contribution in [0.3, 0.4) is 0 Å². The Labute approximate surface area is 165 Å². The summed E-state index contributed by atoms with van der Waals surface area (Å²) >= 11 is 0. The Hall–Kier alpha value is -2.96. The molecule has 3 rings (SSSR count). The molecule has 0 saturated carbocycles. The van der Waals surface area contributed by atoms with E-state index in [2.05, 4.69) is 16.1 Å². The van der Waals surface area contributed by atoms with Gasteiger partial charge in [0.2, 0.25) is 0 Å². The van der Waals surface area contributed by atoms with Crippen molar-refractivity contribution >= 4 is 5.71 Å². The Morgan fingerprint density at radius 2 is 1.75 bits per heavy atom. The van der Waals surface area contributed by atoms with E-state index in [0.29, 0.717) is 12.3 Å². The van der Waals surface area contributed by atoms with Crippen molar-refractivity contribution in [2.75, 3.05) is 20.1 Å². The number of likely N-dealkylation sites (tertiary alicyclic amines) is 1. The van der Waals surface area contributed by atoms with Gasteiger partial charge >= 0.3 is 0 Å².